The molecular weight excluding hydrogens is 222 g/mol. The first-order valence-corrected chi connectivity index (χ1v) is 5.74. The van der Waals surface area contributed by atoms with Gasteiger partial charge in [0.25, 0.3) is 0 Å². The van der Waals surface area contributed by atoms with Crippen LogP contribution in [0.5, 0.6) is 0 Å². The highest BCUT2D eigenvalue weighted by Gasteiger charge is 2.07. The van der Waals surface area contributed by atoms with E-state index in [4.69, 9.17) is 5.26 Å². The molecule has 0 aliphatic carbocycles. The summed E-state index contributed by atoms with van der Waals surface area (Å²) in [6.45, 7) is 1.96. The summed E-state index contributed by atoms with van der Waals surface area (Å²) in [5.41, 5.74) is 2.67. The monoisotopic (exact) mass is 233 g/mol. The molecule has 3 nitrogen and oxygen atoms in total. The van der Waals surface area contributed by atoms with Crippen LogP contribution in [0.25, 0.3) is 16.5 Å². The van der Waals surface area contributed by atoms with Crippen LogP contribution in [0.3, 0.4) is 0 Å². The highest BCUT2D eigenvalue weighted by molar-refractivity contribution is 5.94. The van der Waals surface area contributed by atoms with Crippen molar-refractivity contribution in [3.8, 4) is 11.8 Å². The molecule has 0 spiro atoms. The zero-order valence-electron chi connectivity index (χ0n) is 9.96. The van der Waals surface area contributed by atoms with Gasteiger partial charge in [-0.2, -0.15) is 10.4 Å². The Morgan fingerprint density at radius 1 is 1.06 bits per heavy atom. The van der Waals surface area contributed by atoms with E-state index in [1.54, 1.807) is 0 Å². The summed E-state index contributed by atoms with van der Waals surface area (Å²) < 4.78 is 1.85. The van der Waals surface area contributed by atoms with Crippen LogP contribution in [0.2, 0.25) is 0 Å². The molecule has 0 atom stereocenters. The Bertz CT molecular complexity index is 763. The van der Waals surface area contributed by atoms with Gasteiger partial charge in [-0.1, -0.05) is 24.3 Å². The predicted octanol–water partition coefficient (Wildman–Crippen LogP) is 3.21. The lowest BCUT2D eigenvalue weighted by molar-refractivity contribution is 0.869. The standard InChI is InChI=1S/C15H11N3/c1-11-8-9-18(17-11)15-7-6-12(10-16)13-4-2-3-5-14(13)15/h2-9H,1H3. The molecule has 0 unspecified atom stereocenters. The molecule has 3 heteroatoms. The lowest BCUT2D eigenvalue weighted by atomic mass is 10.0. The lowest BCUT2D eigenvalue weighted by Gasteiger charge is -2.07. The van der Waals surface area contributed by atoms with E-state index < -0.39 is 0 Å². The van der Waals surface area contributed by atoms with Crippen molar-refractivity contribution in [2.45, 2.75) is 6.92 Å². The molecule has 0 aliphatic heterocycles. The predicted molar refractivity (Wildman–Crippen MR) is 70.5 cm³/mol. The van der Waals surface area contributed by atoms with Gasteiger partial charge in [0.05, 0.1) is 23.0 Å². The number of rotatable bonds is 1. The zero-order valence-corrected chi connectivity index (χ0v) is 9.96. The quantitative estimate of drug-likeness (QED) is 0.647. The molecule has 18 heavy (non-hydrogen) atoms. The minimum absolute atomic E-state index is 0.693. The van der Waals surface area contributed by atoms with Crippen molar-refractivity contribution in [2.24, 2.45) is 0 Å². The molecule has 0 bridgehead atoms. The van der Waals surface area contributed by atoms with Crippen LogP contribution in [-0.4, -0.2) is 9.78 Å². The second-order valence-corrected chi connectivity index (χ2v) is 4.19. The normalized spacial score (nSPS) is 10.4. The largest absolute Gasteiger partial charge is 0.240 e. The molecular formula is C15H11N3. The summed E-state index contributed by atoms with van der Waals surface area (Å²) in [7, 11) is 0. The Hall–Kier alpha value is -2.60. The van der Waals surface area contributed by atoms with Crippen molar-refractivity contribution in [3.63, 3.8) is 0 Å². The fourth-order valence-corrected chi connectivity index (χ4v) is 2.13. The molecule has 2 aromatic carbocycles. The van der Waals surface area contributed by atoms with Crippen LogP contribution in [-0.2, 0) is 0 Å². The van der Waals surface area contributed by atoms with Gasteiger partial charge in [0.1, 0.15) is 0 Å². The van der Waals surface area contributed by atoms with Gasteiger partial charge in [-0.05, 0) is 25.1 Å². The molecule has 0 N–H and O–H groups in total. The van der Waals surface area contributed by atoms with Gasteiger partial charge in [-0.25, -0.2) is 4.68 Å². The van der Waals surface area contributed by atoms with Gasteiger partial charge in [0.2, 0.25) is 0 Å². The Labute approximate surface area is 105 Å². The minimum Gasteiger partial charge on any atom is -0.240 e. The Morgan fingerprint density at radius 2 is 1.83 bits per heavy atom. The molecule has 1 heterocycles. The maximum Gasteiger partial charge on any atom is 0.0998 e. The van der Waals surface area contributed by atoms with E-state index in [-0.39, 0.29) is 0 Å². The number of hydrogen-bond acceptors (Lipinski definition) is 2. The van der Waals surface area contributed by atoms with Gasteiger partial charge in [0.15, 0.2) is 0 Å². The van der Waals surface area contributed by atoms with E-state index in [1.807, 2.05) is 60.3 Å². The fraction of sp³-hybridized carbons (Fsp3) is 0.0667. The van der Waals surface area contributed by atoms with Gasteiger partial charge in [0, 0.05) is 17.0 Å². The highest BCUT2D eigenvalue weighted by atomic mass is 15.3. The number of nitriles is 1. The Kier molecular flexibility index (Phi) is 2.35. The molecule has 1 aromatic heterocycles. The van der Waals surface area contributed by atoms with Crippen LogP contribution in [0, 0.1) is 18.3 Å². The van der Waals surface area contributed by atoms with Crippen molar-refractivity contribution < 1.29 is 0 Å². The molecule has 3 aromatic rings. The summed E-state index contributed by atoms with van der Waals surface area (Å²) in [4.78, 5) is 0. The zero-order chi connectivity index (χ0) is 12.5. The molecule has 0 aliphatic rings. The molecule has 86 valence electrons. The third-order valence-electron chi connectivity index (χ3n) is 2.99. The average molecular weight is 233 g/mol. The first-order chi connectivity index (χ1) is 8.79. The van der Waals surface area contributed by atoms with Gasteiger partial charge < -0.3 is 0 Å². The van der Waals surface area contributed by atoms with Crippen LogP contribution in [0.1, 0.15) is 11.3 Å². The van der Waals surface area contributed by atoms with Crippen molar-refractivity contribution >= 4 is 10.8 Å². The number of aryl methyl sites for hydroxylation is 1. The van der Waals surface area contributed by atoms with Crippen LogP contribution in [0.15, 0.2) is 48.7 Å². The topological polar surface area (TPSA) is 41.6 Å². The van der Waals surface area contributed by atoms with Crippen molar-refractivity contribution in [3.05, 3.63) is 59.9 Å². The molecule has 0 saturated carbocycles. The second-order valence-electron chi connectivity index (χ2n) is 4.19. The number of benzene rings is 2. The van der Waals surface area contributed by atoms with Crippen LogP contribution >= 0.6 is 0 Å². The summed E-state index contributed by atoms with van der Waals surface area (Å²) in [6, 6.07) is 15.9. The van der Waals surface area contributed by atoms with E-state index in [0.717, 1.165) is 22.2 Å². The number of fused-ring (bicyclic) bond motifs is 1. The van der Waals surface area contributed by atoms with Gasteiger partial charge in [-0.15, -0.1) is 0 Å². The van der Waals surface area contributed by atoms with Crippen molar-refractivity contribution in [1.82, 2.24) is 9.78 Å². The number of hydrogen-bond donors (Lipinski definition) is 0. The Balaban J connectivity index is 2.35. The summed E-state index contributed by atoms with van der Waals surface area (Å²) >= 11 is 0. The number of nitrogens with zero attached hydrogens (tertiary/aromatic N) is 3. The third kappa shape index (κ3) is 1.56. The summed E-state index contributed by atoms with van der Waals surface area (Å²) in [5, 5.41) is 15.6. The first-order valence-electron chi connectivity index (χ1n) is 5.74. The van der Waals surface area contributed by atoms with Crippen LogP contribution < -0.4 is 0 Å². The van der Waals surface area contributed by atoms with Gasteiger partial charge >= 0.3 is 0 Å². The first kappa shape index (κ1) is 10.5. The molecule has 0 radical (unpaired) electrons. The Morgan fingerprint density at radius 3 is 2.50 bits per heavy atom. The maximum atomic E-state index is 9.13. The SMILES string of the molecule is Cc1ccn(-c2ccc(C#N)c3ccccc23)n1. The lowest BCUT2D eigenvalue weighted by Crippen LogP contribution is -1.97. The smallest absolute Gasteiger partial charge is 0.0998 e. The minimum atomic E-state index is 0.693. The maximum absolute atomic E-state index is 9.13. The van der Waals surface area contributed by atoms with E-state index in [9.17, 15) is 0 Å². The van der Waals surface area contributed by atoms with E-state index in [0.29, 0.717) is 5.56 Å². The van der Waals surface area contributed by atoms with Crippen molar-refractivity contribution in [1.29, 1.82) is 5.26 Å². The van der Waals surface area contributed by atoms with Crippen molar-refractivity contribution in [2.75, 3.05) is 0 Å². The number of aromatic nitrogens is 2. The van der Waals surface area contributed by atoms with E-state index >= 15 is 0 Å². The van der Waals surface area contributed by atoms with E-state index in [2.05, 4.69) is 11.2 Å². The molecule has 0 amide bonds. The average Bonchev–Trinajstić information content (AvgIpc) is 2.84. The molecule has 3 rings (SSSR count). The van der Waals surface area contributed by atoms with E-state index in [1.165, 1.54) is 0 Å². The summed E-state index contributed by atoms with van der Waals surface area (Å²) in [5.74, 6) is 0. The summed E-state index contributed by atoms with van der Waals surface area (Å²) in [6.07, 6.45) is 1.93. The second kappa shape index (κ2) is 4.01. The fourth-order valence-electron chi connectivity index (χ4n) is 2.13. The highest BCUT2D eigenvalue weighted by Crippen LogP contribution is 2.24. The molecule has 0 fully saturated rings. The van der Waals surface area contributed by atoms with Crippen LogP contribution in [0.4, 0.5) is 0 Å². The van der Waals surface area contributed by atoms with Gasteiger partial charge in [-0.3, -0.25) is 0 Å². The third-order valence-corrected chi connectivity index (χ3v) is 2.99. The molecule has 0 saturated heterocycles.